The van der Waals surface area contributed by atoms with Gasteiger partial charge in [0.05, 0.1) is 0 Å². The van der Waals surface area contributed by atoms with Crippen molar-refractivity contribution in [3.8, 4) is 0 Å². The third-order valence-electron chi connectivity index (χ3n) is 0. The first-order valence-electron chi connectivity index (χ1n) is 1.11. The summed E-state index contributed by atoms with van der Waals surface area (Å²) < 4.78 is 0. The fraction of sp³-hybridized carbons (Fsp3) is 0. The third kappa shape index (κ3) is 455. The molecule has 0 aromatic rings. The van der Waals surface area contributed by atoms with Gasteiger partial charge in [0, 0.05) is 0 Å². The van der Waals surface area contributed by atoms with Crippen molar-refractivity contribution in [1.82, 2.24) is 0 Å². The molecule has 0 spiro atoms. The fourth-order valence-electron chi connectivity index (χ4n) is 0. The van der Waals surface area contributed by atoms with Crippen LogP contribution in [0.5, 0.6) is 0 Å². The van der Waals surface area contributed by atoms with Crippen LogP contribution in [0.25, 0.3) is 24.6 Å². The second-order valence-electron chi connectivity index (χ2n) is 0.231. The van der Waals surface area contributed by atoms with Gasteiger partial charge in [-0.25, -0.2) is 0 Å². The normalized spacial score (nSPS) is 2.57. The monoisotopic (exact) mass is 262 g/mol. The molecule has 14 heavy (non-hydrogen) atoms. The molecule has 0 fully saturated rings. The first kappa shape index (κ1) is 80.9. The van der Waals surface area contributed by atoms with Gasteiger partial charge in [-0.3, -0.25) is 0 Å². The molecule has 0 heterocycles. The summed E-state index contributed by atoms with van der Waals surface area (Å²) in [6.07, 6.45) is 0. The number of nitrogens with zero attached hydrogens (tertiary/aromatic N) is 3. The maximum Gasteiger partial charge on any atom is 3.00 e. The minimum Gasteiger partial charge on any atom is -0.693 e. The van der Waals surface area contributed by atoms with E-state index in [-0.39, 0.29) is 41.4 Å². The Hall–Kier alpha value is -1.45. The molecule has 0 bridgehead atoms. The zero-order valence-electron chi connectivity index (χ0n) is 6.47. The Morgan fingerprint density at radius 1 is 0.786 bits per heavy atom. The van der Waals surface area contributed by atoms with Gasteiger partial charge in [0.1, 0.15) is 0 Å². The molecule has 0 unspecified atom stereocenters. The molecular weight excluding hydrogens is 253 g/mol. The van der Waals surface area contributed by atoms with E-state index < -0.39 is 0 Å². The molecule has 0 aliphatic heterocycles. The van der Waals surface area contributed by atoms with E-state index in [0.29, 0.717) is 0 Å². The third-order valence-corrected chi connectivity index (χ3v) is 0. The van der Waals surface area contributed by atoms with Crippen molar-refractivity contribution in [2.45, 2.75) is 0 Å². The maximum absolute atomic E-state index is 8.11. The molecule has 0 aromatic heterocycles. The van der Waals surface area contributed by atoms with Crippen molar-refractivity contribution >= 4 is 0 Å². The first-order chi connectivity index (χ1) is 4.24. The number of hydrogen-bond acceptors (Lipinski definition) is 8. The van der Waals surface area contributed by atoms with E-state index in [2.05, 4.69) is 0 Å². The number of hydrogen-bond donors (Lipinski definition) is 1. The van der Waals surface area contributed by atoms with E-state index in [4.69, 9.17) is 30.3 Å². The van der Waals surface area contributed by atoms with Crippen LogP contribution in [0.3, 0.4) is 0 Å². The van der Waals surface area contributed by atoms with Gasteiger partial charge < -0.3 is 50.0 Å². The van der Waals surface area contributed by atoms with Crippen LogP contribution in [0.15, 0.2) is 16.0 Å². The maximum atomic E-state index is 8.11. The van der Waals surface area contributed by atoms with Gasteiger partial charge in [0.2, 0.25) is 0 Å². The predicted octanol–water partition coefficient (Wildman–Crippen LogP) is 3.51. The predicted molar refractivity (Wildman–Crippen MR) is 47.0 cm³/mol. The van der Waals surface area contributed by atoms with Gasteiger partial charge in [0.15, 0.2) is 5.34 Å². The van der Waals surface area contributed by atoms with Crippen molar-refractivity contribution in [3.63, 3.8) is 0 Å². The van der Waals surface area contributed by atoms with E-state index in [0.717, 1.165) is 10.7 Å². The van der Waals surface area contributed by atoms with Crippen LogP contribution in [-0.4, -0.2) is 5.21 Å². The molecule has 0 aliphatic carbocycles. The molecule has 13 nitrogen and oxygen atoms in total. The van der Waals surface area contributed by atoms with Gasteiger partial charge >= 0.3 is 16.8 Å². The molecule has 0 amide bonds. The summed E-state index contributed by atoms with van der Waals surface area (Å²) >= 11 is 0. The Balaban J connectivity index is -0.00000000545. The van der Waals surface area contributed by atoms with Crippen LogP contribution in [0, 0.1) is 25.1 Å². The van der Waals surface area contributed by atoms with E-state index in [1.54, 1.807) is 0 Å². The molecule has 0 aliphatic rings. The van der Waals surface area contributed by atoms with Gasteiger partial charge in [-0.2, -0.15) is 0 Å². The molecule has 0 atom stereocenters. The Labute approximate surface area is 88.6 Å². The quantitative estimate of drug-likeness (QED) is 0.501. The summed E-state index contributed by atoms with van der Waals surface area (Å²) in [6, 6.07) is 0. The second-order valence-corrected chi connectivity index (χ2v) is 0.231. The van der Waals surface area contributed by atoms with E-state index in [9.17, 15) is 0 Å². The average Bonchev–Trinajstić information content (AvgIpc) is 1.70. The Morgan fingerprint density at radius 2 is 0.786 bits per heavy atom. The summed E-state index contributed by atoms with van der Waals surface area (Å²) in [6.45, 7) is 0. The van der Waals surface area contributed by atoms with Crippen LogP contribution >= 0.6 is 0 Å². The smallest absolute Gasteiger partial charge is 0.693 e. The SMILES string of the molecule is O=NO.O=N[O-].O=N[O-].[Co+3].[NH2-].[NH2-].[NH2-].[NH2-]. The van der Waals surface area contributed by atoms with E-state index in [1.165, 1.54) is 5.34 Å². The molecular formula is H9CoN7O6-3. The Kier molecular flexibility index (Phi) is 3100. The largest absolute Gasteiger partial charge is 3.00 e. The van der Waals surface area contributed by atoms with Crippen LogP contribution < -0.4 is 0 Å². The zero-order valence-corrected chi connectivity index (χ0v) is 7.51. The van der Waals surface area contributed by atoms with Crippen molar-refractivity contribution < 1.29 is 22.0 Å². The van der Waals surface area contributed by atoms with Gasteiger partial charge in [-0.05, 0) is 0 Å². The van der Waals surface area contributed by atoms with Crippen molar-refractivity contribution in [2.24, 2.45) is 16.0 Å². The first-order valence-corrected chi connectivity index (χ1v) is 1.11. The number of nitrogens with two attached hydrogens (primary N) is 4. The zero-order chi connectivity index (χ0) is 8.12. The van der Waals surface area contributed by atoms with Crippen LogP contribution in [0.1, 0.15) is 0 Å². The van der Waals surface area contributed by atoms with Crippen molar-refractivity contribution in [1.29, 1.82) is 0 Å². The molecule has 9 N–H and O–H groups in total. The molecule has 14 heteroatoms. The Bertz CT molecular complexity index is 54.9. The van der Waals surface area contributed by atoms with Crippen LogP contribution in [0.2, 0.25) is 0 Å². The standard InChI is InChI=1S/Co.3HNO2.4H2N/c;3*2-1-3;;;;/h;3*(H,2,3);4*1H2/q+3;;;;4*-1/p-2. The molecule has 92 valence electrons. The molecule has 0 aromatic carbocycles. The summed E-state index contributed by atoms with van der Waals surface area (Å²) in [5.41, 5.74) is 0. The van der Waals surface area contributed by atoms with Gasteiger partial charge in [-0.1, -0.05) is 0 Å². The van der Waals surface area contributed by atoms with Gasteiger partial charge in [-0.15, -0.1) is 15.6 Å². The summed E-state index contributed by atoms with van der Waals surface area (Å²) in [4.78, 5) is 24.1. The fourth-order valence-corrected chi connectivity index (χ4v) is 0. The molecule has 0 saturated heterocycles. The summed E-state index contributed by atoms with van der Waals surface area (Å²) in [7, 11) is 0. The van der Waals surface area contributed by atoms with Crippen LogP contribution in [0.4, 0.5) is 0 Å². The Morgan fingerprint density at radius 3 is 0.786 bits per heavy atom. The second kappa shape index (κ2) is 537. The summed E-state index contributed by atoms with van der Waals surface area (Å²) in [5, 5.41) is 25.9. The minimum absolute atomic E-state index is 0. The minimum atomic E-state index is 0. The summed E-state index contributed by atoms with van der Waals surface area (Å²) in [5.74, 6) is 0. The molecule has 0 rings (SSSR count). The van der Waals surface area contributed by atoms with E-state index >= 15 is 0 Å². The topological polar surface area (TPSA) is 289 Å². The molecule has 0 radical (unpaired) electrons. The number of rotatable bonds is 0. The van der Waals surface area contributed by atoms with Crippen LogP contribution in [-0.2, 0) is 16.8 Å². The van der Waals surface area contributed by atoms with Gasteiger partial charge in [0.25, 0.3) is 0 Å². The van der Waals surface area contributed by atoms with E-state index in [1.807, 2.05) is 0 Å². The van der Waals surface area contributed by atoms with Crippen molar-refractivity contribution in [3.05, 3.63) is 49.7 Å². The average molecular weight is 262 g/mol. The molecule has 0 saturated carbocycles. The van der Waals surface area contributed by atoms with Crippen molar-refractivity contribution in [2.75, 3.05) is 0 Å².